The second-order valence-electron chi connectivity index (χ2n) is 6.03. The number of carbonyl (C=O) groups is 1. The first kappa shape index (κ1) is 21.1. The molecule has 0 amide bonds. The third-order valence-electron chi connectivity index (χ3n) is 3.78. The molecule has 156 valence electrons. The monoisotopic (exact) mass is 428 g/mol. The van der Waals surface area contributed by atoms with Crippen LogP contribution in [0.2, 0.25) is 0 Å². The van der Waals surface area contributed by atoms with Crippen LogP contribution in [0.4, 0.5) is 17.6 Å². The summed E-state index contributed by atoms with van der Waals surface area (Å²) < 4.78 is 31.8. The Balaban J connectivity index is 1.70. The summed E-state index contributed by atoms with van der Waals surface area (Å²) in [5.74, 6) is -0.405. The van der Waals surface area contributed by atoms with Crippen LogP contribution < -0.4 is 15.8 Å². The number of nitrogens with two attached hydrogens (primary N) is 1. The maximum Gasteiger partial charge on any atom is 0.338 e. The zero-order valence-corrected chi connectivity index (χ0v) is 16.9. The number of hydrogen-bond acceptors (Lipinski definition) is 9. The summed E-state index contributed by atoms with van der Waals surface area (Å²) in [5, 5.41) is 2.98. The first-order valence-corrected chi connectivity index (χ1v) is 10.4. The van der Waals surface area contributed by atoms with Crippen LogP contribution in [0.3, 0.4) is 0 Å². The van der Waals surface area contributed by atoms with Crippen LogP contribution in [0.15, 0.2) is 59.5 Å². The normalized spacial score (nSPS) is 11.1. The molecule has 0 saturated carbocycles. The molecule has 0 aliphatic heterocycles. The minimum absolute atomic E-state index is 0.0300. The molecule has 0 aliphatic rings. The summed E-state index contributed by atoms with van der Waals surface area (Å²) >= 11 is 0. The number of carbonyl (C=O) groups excluding carboxylic acids is 1. The molecule has 0 saturated heterocycles. The molecule has 0 aliphatic carbocycles. The molecule has 3 rings (SSSR count). The highest BCUT2D eigenvalue weighted by Gasteiger charge is 2.16. The van der Waals surface area contributed by atoms with Gasteiger partial charge in [-0.2, -0.15) is 15.0 Å². The van der Waals surface area contributed by atoms with E-state index in [4.69, 9.17) is 10.5 Å². The number of ether oxygens (including phenoxy) is 1. The smallest absolute Gasteiger partial charge is 0.338 e. The maximum atomic E-state index is 12.4. The highest BCUT2D eigenvalue weighted by molar-refractivity contribution is 7.89. The molecule has 3 aromatic rings. The van der Waals surface area contributed by atoms with E-state index < -0.39 is 16.0 Å². The van der Waals surface area contributed by atoms with Gasteiger partial charge in [-0.15, -0.1) is 0 Å². The van der Waals surface area contributed by atoms with Gasteiger partial charge in [-0.05, 0) is 30.3 Å². The van der Waals surface area contributed by atoms with E-state index in [1.165, 1.54) is 24.3 Å². The van der Waals surface area contributed by atoms with E-state index in [-0.39, 0.29) is 41.3 Å². The van der Waals surface area contributed by atoms with Gasteiger partial charge in [0.2, 0.25) is 21.9 Å². The summed E-state index contributed by atoms with van der Waals surface area (Å²) in [7, 11) is -3.69. The van der Waals surface area contributed by atoms with Crippen LogP contribution in [0, 0.1) is 0 Å². The molecule has 0 radical (unpaired) electrons. The number of para-hydroxylation sites is 1. The minimum atomic E-state index is -3.69. The average Bonchev–Trinajstić information content (AvgIpc) is 2.72. The van der Waals surface area contributed by atoms with Crippen molar-refractivity contribution in [2.75, 3.05) is 17.6 Å². The van der Waals surface area contributed by atoms with Gasteiger partial charge in [0.1, 0.15) is 0 Å². The van der Waals surface area contributed by atoms with Crippen LogP contribution >= 0.6 is 0 Å². The fraction of sp³-hybridized carbons (Fsp3) is 0.158. The van der Waals surface area contributed by atoms with Crippen molar-refractivity contribution in [3.8, 4) is 0 Å². The number of benzene rings is 2. The van der Waals surface area contributed by atoms with Gasteiger partial charge >= 0.3 is 5.97 Å². The Morgan fingerprint density at radius 1 is 1.07 bits per heavy atom. The van der Waals surface area contributed by atoms with Gasteiger partial charge in [-0.3, -0.25) is 0 Å². The molecule has 10 nitrogen and oxygen atoms in total. The maximum absolute atomic E-state index is 12.4. The number of nitrogen functional groups attached to an aromatic ring is 1. The first-order chi connectivity index (χ1) is 14.4. The first-order valence-electron chi connectivity index (χ1n) is 8.97. The number of nitrogens with zero attached hydrogens (tertiary/aromatic N) is 3. The third kappa shape index (κ3) is 5.49. The van der Waals surface area contributed by atoms with Crippen LogP contribution in [-0.4, -0.2) is 35.9 Å². The van der Waals surface area contributed by atoms with Crippen molar-refractivity contribution >= 4 is 33.6 Å². The van der Waals surface area contributed by atoms with E-state index in [9.17, 15) is 13.2 Å². The lowest BCUT2D eigenvalue weighted by Gasteiger charge is -2.09. The van der Waals surface area contributed by atoms with Crippen molar-refractivity contribution in [1.29, 1.82) is 0 Å². The van der Waals surface area contributed by atoms with Crippen LogP contribution in [0.5, 0.6) is 0 Å². The van der Waals surface area contributed by atoms with Crippen molar-refractivity contribution in [3.05, 3.63) is 66.0 Å². The van der Waals surface area contributed by atoms with Crippen molar-refractivity contribution < 1.29 is 17.9 Å². The van der Waals surface area contributed by atoms with Crippen LogP contribution in [0.25, 0.3) is 0 Å². The zero-order valence-electron chi connectivity index (χ0n) is 16.1. The van der Waals surface area contributed by atoms with Gasteiger partial charge in [0.25, 0.3) is 0 Å². The predicted molar refractivity (Wildman–Crippen MR) is 110 cm³/mol. The van der Waals surface area contributed by atoms with E-state index in [2.05, 4.69) is 25.0 Å². The second kappa shape index (κ2) is 9.29. The molecular formula is C19H20N6O4S. The number of aromatic nitrogens is 3. The van der Waals surface area contributed by atoms with E-state index in [1.807, 2.05) is 30.3 Å². The van der Waals surface area contributed by atoms with E-state index in [1.54, 1.807) is 6.92 Å². The van der Waals surface area contributed by atoms with Gasteiger partial charge in [0.15, 0.2) is 12.4 Å². The summed E-state index contributed by atoms with van der Waals surface area (Å²) in [5.41, 5.74) is 6.55. The lowest BCUT2D eigenvalue weighted by atomic mass is 10.2. The van der Waals surface area contributed by atoms with E-state index >= 15 is 0 Å². The topological polar surface area (TPSA) is 149 Å². The van der Waals surface area contributed by atoms with Crippen LogP contribution in [-0.2, 0) is 21.4 Å². The molecule has 2 aromatic carbocycles. The molecule has 0 bridgehead atoms. The Hall–Kier alpha value is -3.57. The Bertz CT molecular complexity index is 1140. The number of esters is 1. The summed E-state index contributed by atoms with van der Waals surface area (Å²) in [6.07, 6.45) is 0. The number of anilines is 3. The summed E-state index contributed by atoms with van der Waals surface area (Å²) in [6, 6.07) is 14.8. The molecule has 0 spiro atoms. The van der Waals surface area contributed by atoms with Gasteiger partial charge in [0, 0.05) is 12.2 Å². The summed E-state index contributed by atoms with van der Waals surface area (Å²) in [4.78, 5) is 24.5. The standard InChI is InChI=1S/C19H20N6O4S/c1-2-21-30(27,28)15-10-6-7-13(11-15)17(26)29-12-16-23-18(20)25-19(24-16)22-14-8-4-3-5-9-14/h3-11,21H,2,12H2,1H3,(H3,20,22,23,24,25). The Morgan fingerprint density at radius 3 is 2.57 bits per heavy atom. The largest absolute Gasteiger partial charge is 0.454 e. The molecule has 1 aromatic heterocycles. The zero-order chi connectivity index (χ0) is 21.6. The molecule has 0 atom stereocenters. The van der Waals surface area contributed by atoms with Crippen molar-refractivity contribution in [2.24, 2.45) is 0 Å². The van der Waals surface area contributed by atoms with E-state index in [0.717, 1.165) is 5.69 Å². The molecule has 30 heavy (non-hydrogen) atoms. The van der Waals surface area contributed by atoms with E-state index in [0.29, 0.717) is 0 Å². The summed E-state index contributed by atoms with van der Waals surface area (Å²) in [6.45, 7) is 1.63. The van der Waals surface area contributed by atoms with Gasteiger partial charge < -0.3 is 15.8 Å². The molecule has 1 heterocycles. The number of hydrogen-bond donors (Lipinski definition) is 3. The van der Waals surface area contributed by atoms with Crippen LogP contribution in [0.1, 0.15) is 23.1 Å². The highest BCUT2D eigenvalue weighted by atomic mass is 32.2. The lowest BCUT2D eigenvalue weighted by Crippen LogP contribution is -2.23. The number of sulfonamides is 1. The van der Waals surface area contributed by atoms with Crippen molar-refractivity contribution in [3.63, 3.8) is 0 Å². The molecular weight excluding hydrogens is 408 g/mol. The molecule has 0 unspecified atom stereocenters. The minimum Gasteiger partial charge on any atom is -0.454 e. The Morgan fingerprint density at radius 2 is 1.83 bits per heavy atom. The molecule has 11 heteroatoms. The Labute approximate surface area is 173 Å². The van der Waals surface area contributed by atoms with Crippen molar-refractivity contribution in [1.82, 2.24) is 19.7 Å². The van der Waals surface area contributed by atoms with Gasteiger partial charge in [-0.25, -0.2) is 17.9 Å². The lowest BCUT2D eigenvalue weighted by molar-refractivity contribution is 0.0462. The third-order valence-corrected chi connectivity index (χ3v) is 5.32. The fourth-order valence-electron chi connectivity index (χ4n) is 2.49. The second-order valence-corrected chi connectivity index (χ2v) is 7.80. The van der Waals surface area contributed by atoms with Crippen molar-refractivity contribution in [2.45, 2.75) is 18.4 Å². The Kier molecular flexibility index (Phi) is 6.54. The van der Waals surface area contributed by atoms with Gasteiger partial charge in [0.05, 0.1) is 10.5 Å². The fourth-order valence-corrected chi connectivity index (χ4v) is 3.57. The van der Waals surface area contributed by atoms with Gasteiger partial charge in [-0.1, -0.05) is 31.2 Å². The SMILES string of the molecule is CCNS(=O)(=O)c1cccc(C(=O)OCc2nc(N)nc(Nc3ccccc3)n2)c1. The number of nitrogens with one attached hydrogen (secondary N) is 2. The predicted octanol–water partition coefficient (Wildman–Crippen LogP) is 1.85. The molecule has 4 N–H and O–H groups in total. The quantitative estimate of drug-likeness (QED) is 0.457. The molecule has 0 fully saturated rings. The number of rotatable bonds is 8. The highest BCUT2D eigenvalue weighted by Crippen LogP contribution is 2.15. The average molecular weight is 428 g/mol.